The molecule has 1 aromatic carbocycles. The highest BCUT2D eigenvalue weighted by Gasteiger charge is 2.13. The molecule has 4 heteroatoms. The van der Waals surface area contributed by atoms with Gasteiger partial charge in [-0.05, 0) is 31.5 Å². The lowest BCUT2D eigenvalue weighted by Crippen LogP contribution is -1.94. The SMILES string of the molecule is COc1cc(C)c(-c2cc(C)[nH]n2)c(OC)c1. The fourth-order valence-electron chi connectivity index (χ4n) is 1.88. The van der Waals surface area contributed by atoms with Crippen molar-refractivity contribution in [1.82, 2.24) is 10.2 Å². The molecule has 0 spiro atoms. The number of aryl methyl sites for hydroxylation is 2. The molecule has 0 aliphatic carbocycles. The molecule has 0 fully saturated rings. The minimum Gasteiger partial charge on any atom is -0.497 e. The summed E-state index contributed by atoms with van der Waals surface area (Å²) < 4.78 is 10.6. The van der Waals surface area contributed by atoms with E-state index in [1.54, 1.807) is 14.2 Å². The van der Waals surface area contributed by atoms with Crippen LogP contribution in [-0.4, -0.2) is 24.4 Å². The number of benzene rings is 1. The molecule has 17 heavy (non-hydrogen) atoms. The fraction of sp³-hybridized carbons (Fsp3) is 0.308. The van der Waals surface area contributed by atoms with E-state index < -0.39 is 0 Å². The first kappa shape index (κ1) is 11.5. The average molecular weight is 232 g/mol. The van der Waals surface area contributed by atoms with E-state index in [-0.39, 0.29) is 0 Å². The minimum atomic E-state index is 0.772. The summed E-state index contributed by atoms with van der Waals surface area (Å²) in [6.07, 6.45) is 0. The van der Waals surface area contributed by atoms with E-state index in [2.05, 4.69) is 10.2 Å². The second-order valence-corrected chi connectivity index (χ2v) is 3.96. The van der Waals surface area contributed by atoms with Gasteiger partial charge in [-0.2, -0.15) is 5.10 Å². The summed E-state index contributed by atoms with van der Waals surface area (Å²) in [6, 6.07) is 5.84. The van der Waals surface area contributed by atoms with Crippen LogP contribution >= 0.6 is 0 Å². The van der Waals surface area contributed by atoms with Crippen LogP contribution in [0.2, 0.25) is 0 Å². The van der Waals surface area contributed by atoms with Crippen molar-refractivity contribution in [3.63, 3.8) is 0 Å². The Morgan fingerprint density at radius 3 is 2.35 bits per heavy atom. The van der Waals surface area contributed by atoms with Gasteiger partial charge in [-0.25, -0.2) is 0 Å². The Morgan fingerprint density at radius 1 is 1.06 bits per heavy atom. The maximum atomic E-state index is 5.40. The number of aromatic amines is 1. The van der Waals surface area contributed by atoms with Gasteiger partial charge in [0, 0.05) is 17.3 Å². The first-order valence-electron chi connectivity index (χ1n) is 5.40. The van der Waals surface area contributed by atoms with Gasteiger partial charge in [0.05, 0.1) is 19.9 Å². The highest BCUT2D eigenvalue weighted by Crippen LogP contribution is 2.35. The molecule has 1 N–H and O–H groups in total. The van der Waals surface area contributed by atoms with Crippen LogP contribution in [0.1, 0.15) is 11.3 Å². The molecule has 2 aromatic rings. The molecule has 90 valence electrons. The first-order chi connectivity index (χ1) is 8.15. The summed E-state index contributed by atoms with van der Waals surface area (Å²) in [5.74, 6) is 1.56. The third-order valence-electron chi connectivity index (χ3n) is 2.69. The molecule has 0 bridgehead atoms. The molecule has 0 atom stereocenters. The second kappa shape index (κ2) is 4.49. The Labute approximate surface area is 101 Å². The monoisotopic (exact) mass is 232 g/mol. The fourth-order valence-corrected chi connectivity index (χ4v) is 1.88. The van der Waals surface area contributed by atoms with Crippen molar-refractivity contribution >= 4 is 0 Å². The van der Waals surface area contributed by atoms with Crippen LogP contribution in [0, 0.1) is 13.8 Å². The Hall–Kier alpha value is -1.97. The normalized spacial score (nSPS) is 10.4. The molecule has 0 aliphatic heterocycles. The van der Waals surface area contributed by atoms with Crippen molar-refractivity contribution in [2.24, 2.45) is 0 Å². The van der Waals surface area contributed by atoms with Gasteiger partial charge in [0.15, 0.2) is 0 Å². The summed E-state index contributed by atoms with van der Waals surface area (Å²) in [5.41, 5.74) is 3.99. The van der Waals surface area contributed by atoms with Crippen molar-refractivity contribution in [1.29, 1.82) is 0 Å². The first-order valence-corrected chi connectivity index (χ1v) is 5.40. The van der Waals surface area contributed by atoms with Gasteiger partial charge in [-0.1, -0.05) is 0 Å². The zero-order valence-electron chi connectivity index (χ0n) is 10.5. The van der Waals surface area contributed by atoms with Crippen LogP contribution in [0.3, 0.4) is 0 Å². The van der Waals surface area contributed by atoms with Gasteiger partial charge in [0.2, 0.25) is 0 Å². The number of hydrogen-bond acceptors (Lipinski definition) is 3. The van der Waals surface area contributed by atoms with Gasteiger partial charge in [0.1, 0.15) is 11.5 Å². The van der Waals surface area contributed by atoms with Crippen molar-refractivity contribution < 1.29 is 9.47 Å². The molecular weight excluding hydrogens is 216 g/mol. The van der Waals surface area contributed by atoms with Crippen molar-refractivity contribution in [2.75, 3.05) is 14.2 Å². The quantitative estimate of drug-likeness (QED) is 0.885. The molecule has 0 amide bonds. The van der Waals surface area contributed by atoms with Gasteiger partial charge >= 0.3 is 0 Å². The average Bonchev–Trinajstić information content (AvgIpc) is 2.74. The standard InChI is InChI=1S/C13H16N2O2/c1-8-5-10(16-3)7-12(17-4)13(8)11-6-9(2)14-15-11/h5-7H,1-4H3,(H,14,15). The summed E-state index contributed by atoms with van der Waals surface area (Å²) in [5, 5.41) is 7.20. The van der Waals surface area contributed by atoms with Gasteiger partial charge in [-0.15, -0.1) is 0 Å². The Morgan fingerprint density at radius 2 is 1.82 bits per heavy atom. The highest BCUT2D eigenvalue weighted by atomic mass is 16.5. The van der Waals surface area contributed by atoms with E-state index in [1.807, 2.05) is 32.0 Å². The zero-order chi connectivity index (χ0) is 12.4. The highest BCUT2D eigenvalue weighted by molar-refractivity contribution is 5.72. The summed E-state index contributed by atoms with van der Waals surface area (Å²) >= 11 is 0. The van der Waals surface area contributed by atoms with Gasteiger partial charge in [-0.3, -0.25) is 5.10 Å². The van der Waals surface area contributed by atoms with E-state index in [4.69, 9.17) is 9.47 Å². The Balaban J connectivity index is 2.60. The van der Waals surface area contributed by atoms with Crippen molar-refractivity contribution in [3.05, 3.63) is 29.5 Å². The van der Waals surface area contributed by atoms with Gasteiger partial charge in [0.25, 0.3) is 0 Å². The number of H-pyrrole nitrogens is 1. The number of methoxy groups -OCH3 is 2. The van der Waals surface area contributed by atoms with E-state index in [9.17, 15) is 0 Å². The van der Waals surface area contributed by atoms with Crippen LogP contribution in [-0.2, 0) is 0 Å². The molecular formula is C13H16N2O2. The molecule has 4 nitrogen and oxygen atoms in total. The number of rotatable bonds is 3. The third kappa shape index (κ3) is 2.11. The lowest BCUT2D eigenvalue weighted by molar-refractivity contribution is 0.395. The molecule has 0 unspecified atom stereocenters. The molecule has 2 rings (SSSR count). The number of aromatic nitrogens is 2. The van der Waals surface area contributed by atoms with E-state index in [0.717, 1.165) is 34.0 Å². The van der Waals surface area contributed by atoms with Crippen molar-refractivity contribution in [3.8, 4) is 22.8 Å². The van der Waals surface area contributed by atoms with Gasteiger partial charge < -0.3 is 9.47 Å². The Bertz CT molecular complexity index is 532. The molecule has 1 aromatic heterocycles. The van der Waals surface area contributed by atoms with Crippen LogP contribution in [0.4, 0.5) is 0 Å². The lowest BCUT2D eigenvalue weighted by atomic mass is 10.0. The topological polar surface area (TPSA) is 47.1 Å². The summed E-state index contributed by atoms with van der Waals surface area (Å²) in [6.45, 7) is 3.99. The molecule has 0 saturated carbocycles. The smallest absolute Gasteiger partial charge is 0.132 e. The zero-order valence-corrected chi connectivity index (χ0v) is 10.5. The molecule has 1 heterocycles. The number of nitrogens with zero attached hydrogens (tertiary/aromatic N) is 1. The third-order valence-corrected chi connectivity index (χ3v) is 2.69. The number of ether oxygens (including phenoxy) is 2. The van der Waals surface area contributed by atoms with Crippen LogP contribution in [0.5, 0.6) is 11.5 Å². The summed E-state index contributed by atoms with van der Waals surface area (Å²) in [4.78, 5) is 0. The number of hydrogen-bond donors (Lipinski definition) is 1. The Kier molecular flexibility index (Phi) is 3.04. The predicted molar refractivity (Wildman–Crippen MR) is 66.6 cm³/mol. The predicted octanol–water partition coefficient (Wildman–Crippen LogP) is 2.71. The summed E-state index contributed by atoms with van der Waals surface area (Å²) in [7, 11) is 3.30. The molecule has 0 saturated heterocycles. The van der Waals surface area contributed by atoms with Crippen molar-refractivity contribution in [2.45, 2.75) is 13.8 Å². The molecule has 0 radical (unpaired) electrons. The van der Waals surface area contributed by atoms with Crippen LogP contribution in [0.15, 0.2) is 18.2 Å². The van der Waals surface area contributed by atoms with E-state index in [1.165, 1.54) is 0 Å². The van der Waals surface area contributed by atoms with Crippen LogP contribution in [0.25, 0.3) is 11.3 Å². The number of nitrogens with one attached hydrogen (secondary N) is 1. The minimum absolute atomic E-state index is 0.772. The largest absolute Gasteiger partial charge is 0.497 e. The second-order valence-electron chi connectivity index (χ2n) is 3.96. The van der Waals surface area contributed by atoms with E-state index >= 15 is 0 Å². The lowest BCUT2D eigenvalue weighted by Gasteiger charge is -2.11. The van der Waals surface area contributed by atoms with Crippen LogP contribution < -0.4 is 9.47 Å². The van der Waals surface area contributed by atoms with E-state index in [0.29, 0.717) is 0 Å². The maximum Gasteiger partial charge on any atom is 0.132 e. The molecule has 0 aliphatic rings. The maximum absolute atomic E-state index is 5.40.